The molecule has 0 amide bonds. The normalized spacial score (nSPS) is 14.9. The highest BCUT2D eigenvalue weighted by atomic mass is 35.5. The minimum absolute atomic E-state index is 0.0684. The summed E-state index contributed by atoms with van der Waals surface area (Å²) in [6.45, 7) is 1.97. The van der Waals surface area contributed by atoms with Crippen LogP contribution in [0, 0.1) is 11.3 Å². The summed E-state index contributed by atoms with van der Waals surface area (Å²) in [4.78, 5) is 6.70. The number of aliphatic hydroxyl groups is 1. The van der Waals surface area contributed by atoms with Crippen LogP contribution in [0.15, 0.2) is 59.7 Å². The van der Waals surface area contributed by atoms with Crippen molar-refractivity contribution < 1.29 is 5.11 Å². The van der Waals surface area contributed by atoms with E-state index in [4.69, 9.17) is 11.6 Å². The number of allylic oxidation sites excluding steroid dienone is 1. The first-order valence-corrected chi connectivity index (χ1v) is 10.2. The third kappa shape index (κ3) is 3.95. The second-order valence-electron chi connectivity index (χ2n) is 6.71. The van der Waals surface area contributed by atoms with Crippen LogP contribution in [0.2, 0.25) is 5.02 Å². The molecule has 0 saturated carbocycles. The van der Waals surface area contributed by atoms with Gasteiger partial charge in [-0.1, -0.05) is 48.0 Å². The molecule has 4 rings (SSSR count). The molecule has 0 aliphatic carbocycles. The van der Waals surface area contributed by atoms with E-state index in [1.54, 1.807) is 0 Å². The van der Waals surface area contributed by atoms with Crippen LogP contribution in [-0.2, 0) is 13.0 Å². The average molecular weight is 408 g/mol. The Morgan fingerprint density at radius 3 is 2.68 bits per heavy atom. The average Bonchev–Trinajstić information content (AvgIpc) is 3.19. The number of fused-ring (bicyclic) bond motifs is 1. The van der Waals surface area contributed by atoms with E-state index in [1.807, 2.05) is 35.7 Å². The van der Waals surface area contributed by atoms with Crippen LogP contribution in [0.1, 0.15) is 16.1 Å². The van der Waals surface area contributed by atoms with E-state index in [9.17, 15) is 10.4 Å². The fourth-order valence-electron chi connectivity index (χ4n) is 3.36. The van der Waals surface area contributed by atoms with Crippen LogP contribution in [0.5, 0.6) is 0 Å². The van der Waals surface area contributed by atoms with E-state index < -0.39 is 0 Å². The zero-order chi connectivity index (χ0) is 19.5. The third-order valence-corrected chi connectivity index (χ3v) is 5.95. The summed E-state index contributed by atoms with van der Waals surface area (Å²) in [5.74, 6) is 0.0684. The van der Waals surface area contributed by atoms with Gasteiger partial charge in [-0.05, 0) is 29.7 Å². The number of nitrogens with zero attached hydrogens (tertiary/aromatic N) is 3. The molecule has 0 fully saturated rings. The van der Waals surface area contributed by atoms with Gasteiger partial charge in [-0.15, -0.1) is 11.3 Å². The van der Waals surface area contributed by atoms with Crippen molar-refractivity contribution in [2.24, 2.45) is 0 Å². The van der Waals surface area contributed by atoms with Gasteiger partial charge in [-0.25, -0.2) is 4.98 Å². The Balaban J connectivity index is 1.54. The Bertz CT molecular complexity index is 1070. The van der Waals surface area contributed by atoms with E-state index in [-0.39, 0.29) is 11.3 Å². The molecule has 2 heterocycles. The van der Waals surface area contributed by atoms with E-state index in [0.717, 1.165) is 30.8 Å². The van der Waals surface area contributed by atoms with E-state index in [1.165, 1.54) is 22.5 Å². The van der Waals surface area contributed by atoms with Crippen LogP contribution in [0.4, 0.5) is 0 Å². The number of halogens is 1. The Kier molecular flexibility index (Phi) is 5.45. The molecular formula is C22H18ClN3OS. The number of hydrogen-bond acceptors (Lipinski definition) is 5. The van der Waals surface area contributed by atoms with Crippen molar-refractivity contribution in [1.29, 1.82) is 5.26 Å². The second-order valence-corrected chi connectivity index (χ2v) is 8.00. The lowest BCUT2D eigenvalue weighted by Crippen LogP contribution is -2.32. The van der Waals surface area contributed by atoms with Crippen molar-refractivity contribution in [3.05, 3.63) is 80.8 Å². The molecule has 1 N–H and O–H groups in total. The van der Waals surface area contributed by atoms with Gasteiger partial charge in [0.25, 0.3) is 0 Å². The highest BCUT2D eigenvalue weighted by Crippen LogP contribution is 2.28. The predicted octanol–water partition coefficient (Wildman–Crippen LogP) is 5.31. The summed E-state index contributed by atoms with van der Waals surface area (Å²) in [5.41, 5.74) is 4.57. The Hall–Kier alpha value is -2.65. The topological polar surface area (TPSA) is 60.1 Å². The molecule has 6 heteroatoms. The number of aromatic nitrogens is 1. The zero-order valence-corrected chi connectivity index (χ0v) is 16.7. The molecule has 2 aromatic carbocycles. The van der Waals surface area contributed by atoms with Crippen LogP contribution < -0.4 is 0 Å². The van der Waals surface area contributed by atoms with Crippen molar-refractivity contribution in [3.63, 3.8) is 0 Å². The largest absolute Gasteiger partial charge is 0.509 e. The molecule has 1 aliphatic rings. The Morgan fingerprint density at radius 1 is 1.18 bits per heavy atom. The van der Waals surface area contributed by atoms with Gasteiger partial charge in [0.15, 0.2) is 0 Å². The molecule has 3 aromatic rings. The molecular weight excluding hydrogens is 390 g/mol. The fraction of sp³-hybridized carbons (Fsp3) is 0.182. The second kappa shape index (κ2) is 8.15. The standard InChI is InChI=1S/C22H18ClN3OS/c23-18-7-5-16(6-8-18)20-14-28-22(25-20)19(11-24)21(27)13-26-10-9-15-3-1-2-4-17(15)12-26/h1-8,14,27H,9-10,12-13H2/b21-19-. The maximum atomic E-state index is 10.6. The third-order valence-electron chi connectivity index (χ3n) is 4.84. The number of aliphatic hydroxyl groups excluding tert-OH is 1. The molecule has 0 unspecified atom stereocenters. The summed E-state index contributed by atoms with van der Waals surface area (Å²) in [6.07, 6.45) is 0.948. The quantitative estimate of drug-likeness (QED) is 0.470. The molecule has 0 radical (unpaired) electrons. The molecule has 0 spiro atoms. The SMILES string of the molecule is N#C/C(=C(/O)CN1CCc2ccccc2C1)c1nc(-c2ccc(Cl)cc2)cs1. The number of benzene rings is 2. The van der Waals surface area contributed by atoms with Gasteiger partial charge >= 0.3 is 0 Å². The molecule has 28 heavy (non-hydrogen) atoms. The first-order chi connectivity index (χ1) is 13.6. The van der Waals surface area contributed by atoms with Gasteiger partial charge < -0.3 is 5.11 Å². The minimum atomic E-state index is 0.0684. The van der Waals surface area contributed by atoms with Crippen LogP contribution in [0.25, 0.3) is 16.8 Å². The first-order valence-electron chi connectivity index (χ1n) is 8.97. The molecule has 1 aromatic heterocycles. The van der Waals surface area contributed by atoms with E-state index >= 15 is 0 Å². The first kappa shape index (κ1) is 18.7. The summed E-state index contributed by atoms with van der Waals surface area (Å²) in [5, 5.41) is 23.3. The highest BCUT2D eigenvalue weighted by molar-refractivity contribution is 7.11. The summed E-state index contributed by atoms with van der Waals surface area (Å²) < 4.78 is 0. The van der Waals surface area contributed by atoms with Crippen molar-refractivity contribution in [1.82, 2.24) is 9.88 Å². The fourth-order valence-corrected chi connectivity index (χ4v) is 4.33. The van der Waals surface area contributed by atoms with Gasteiger partial charge in [0.05, 0.1) is 12.2 Å². The number of thiazole rings is 1. The zero-order valence-electron chi connectivity index (χ0n) is 15.1. The van der Waals surface area contributed by atoms with E-state index in [2.05, 4.69) is 34.2 Å². The Morgan fingerprint density at radius 2 is 1.93 bits per heavy atom. The van der Waals surface area contributed by atoms with Crippen molar-refractivity contribution in [3.8, 4) is 17.3 Å². The van der Waals surface area contributed by atoms with E-state index in [0.29, 0.717) is 16.6 Å². The lowest BCUT2D eigenvalue weighted by molar-refractivity contribution is 0.235. The van der Waals surface area contributed by atoms with Gasteiger partial charge in [-0.2, -0.15) is 5.26 Å². The number of rotatable bonds is 4. The lowest BCUT2D eigenvalue weighted by atomic mass is 10.00. The van der Waals surface area contributed by atoms with Gasteiger partial charge in [0.1, 0.15) is 22.4 Å². The number of nitriles is 1. The summed E-state index contributed by atoms with van der Waals surface area (Å²) >= 11 is 7.29. The smallest absolute Gasteiger partial charge is 0.138 e. The predicted molar refractivity (Wildman–Crippen MR) is 113 cm³/mol. The molecule has 1 aliphatic heterocycles. The molecule has 4 nitrogen and oxygen atoms in total. The van der Waals surface area contributed by atoms with Gasteiger partial charge in [-0.3, -0.25) is 4.90 Å². The van der Waals surface area contributed by atoms with Crippen LogP contribution >= 0.6 is 22.9 Å². The van der Waals surface area contributed by atoms with Crippen molar-refractivity contribution in [2.45, 2.75) is 13.0 Å². The Labute approximate surface area is 173 Å². The maximum Gasteiger partial charge on any atom is 0.138 e. The maximum absolute atomic E-state index is 10.6. The molecule has 0 saturated heterocycles. The highest BCUT2D eigenvalue weighted by Gasteiger charge is 2.20. The van der Waals surface area contributed by atoms with Crippen molar-refractivity contribution >= 4 is 28.5 Å². The minimum Gasteiger partial charge on any atom is -0.509 e. The van der Waals surface area contributed by atoms with Crippen molar-refractivity contribution in [2.75, 3.05) is 13.1 Å². The molecule has 0 atom stereocenters. The molecule has 0 bridgehead atoms. The van der Waals surface area contributed by atoms with Crippen LogP contribution in [0.3, 0.4) is 0 Å². The summed E-state index contributed by atoms with van der Waals surface area (Å²) in [6, 6.07) is 17.9. The van der Waals surface area contributed by atoms with Gasteiger partial charge in [0, 0.05) is 29.1 Å². The number of hydrogen-bond donors (Lipinski definition) is 1. The van der Waals surface area contributed by atoms with Gasteiger partial charge in [0.2, 0.25) is 0 Å². The summed E-state index contributed by atoms with van der Waals surface area (Å²) in [7, 11) is 0. The monoisotopic (exact) mass is 407 g/mol. The van der Waals surface area contributed by atoms with Crippen LogP contribution in [-0.4, -0.2) is 28.1 Å². The molecule has 140 valence electrons. The lowest BCUT2D eigenvalue weighted by Gasteiger charge is -2.28.